The Kier molecular flexibility index (Phi) is 6.30. The van der Waals surface area contributed by atoms with E-state index >= 15 is 0 Å². The Labute approximate surface area is 183 Å². The van der Waals surface area contributed by atoms with Crippen molar-refractivity contribution in [2.45, 2.75) is 9.79 Å². The molecule has 0 aromatic heterocycles. The van der Waals surface area contributed by atoms with Gasteiger partial charge in [0.05, 0.1) is 25.5 Å². The predicted octanol–water partition coefficient (Wildman–Crippen LogP) is 5.25. The van der Waals surface area contributed by atoms with E-state index in [-0.39, 0.29) is 31.2 Å². The Hall–Kier alpha value is -1.97. The summed E-state index contributed by atoms with van der Waals surface area (Å²) in [6, 6.07) is 15.4. The van der Waals surface area contributed by atoms with Gasteiger partial charge in [0, 0.05) is 10.7 Å². The molecule has 0 radical (unpaired) electrons. The van der Waals surface area contributed by atoms with Gasteiger partial charge in [-0.15, -0.1) is 0 Å². The van der Waals surface area contributed by atoms with Gasteiger partial charge in [0.25, 0.3) is 20.0 Å². The molecule has 0 aliphatic carbocycles. The van der Waals surface area contributed by atoms with Crippen LogP contribution in [0.3, 0.4) is 0 Å². The second-order valence-corrected chi connectivity index (χ2v) is 10.4. The van der Waals surface area contributed by atoms with Crippen LogP contribution in [-0.2, 0) is 20.0 Å². The molecule has 0 heterocycles. The average molecular weight is 492 g/mol. The highest BCUT2D eigenvalue weighted by Crippen LogP contribution is 2.31. The Morgan fingerprint density at radius 3 is 1.72 bits per heavy atom. The van der Waals surface area contributed by atoms with Crippen LogP contribution in [0.5, 0.6) is 0 Å². The first-order valence-corrected chi connectivity index (χ1v) is 12.0. The van der Waals surface area contributed by atoms with E-state index in [2.05, 4.69) is 9.44 Å². The summed E-state index contributed by atoms with van der Waals surface area (Å²) in [5.41, 5.74) is 0.325. The fraction of sp³-hybridized carbons (Fsp3) is 0. The van der Waals surface area contributed by atoms with Crippen LogP contribution in [0.25, 0.3) is 0 Å². The normalized spacial score (nSPS) is 11.8. The van der Waals surface area contributed by atoms with Crippen LogP contribution in [0.15, 0.2) is 76.5 Å². The van der Waals surface area contributed by atoms with E-state index in [1.165, 1.54) is 60.7 Å². The predicted molar refractivity (Wildman–Crippen MR) is 116 cm³/mol. The number of nitrogens with one attached hydrogen (secondary N) is 2. The summed E-state index contributed by atoms with van der Waals surface area (Å²) in [6.07, 6.45) is 0. The second-order valence-electron chi connectivity index (χ2n) is 5.79. The molecule has 0 saturated heterocycles. The average Bonchev–Trinajstić information content (AvgIpc) is 2.66. The minimum atomic E-state index is -3.95. The zero-order chi connectivity index (χ0) is 21.2. The molecule has 6 nitrogen and oxygen atoms in total. The van der Waals surface area contributed by atoms with Crippen molar-refractivity contribution in [3.05, 3.63) is 81.8 Å². The number of benzene rings is 3. The molecule has 3 rings (SSSR count). The van der Waals surface area contributed by atoms with Gasteiger partial charge in [-0.25, -0.2) is 16.8 Å². The maximum Gasteiger partial charge on any atom is 0.261 e. The molecule has 11 heteroatoms. The Bertz CT molecular complexity index is 1250. The van der Waals surface area contributed by atoms with E-state index in [0.29, 0.717) is 5.02 Å². The van der Waals surface area contributed by atoms with E-state index in [0.717, 1.165) is 0 Å². The smallest absolute Gasteiger partial charge is 0.261 e. The zero-order valence-electron chi connectivity index (χ0n) is 14.4. The number of sulfonamides is 2. The lowest BCUT2D eigenvalue weighted by Gasteiger charge is -2.12. The van der Waals surface area contributed by atoms with Gasteiger partial charge in [-0.2, -0.15) is 0 Å². The molecule has 3 aromatic rings. The summed E-state index contributed by atoms with van der Waals surface area (Å²) in [7, 11) is -7.80. The molecule has 3 aromatic carbocycles. The molecule has 29 heavy (non-hydrogen) atoms. The van der Waals surface area contributed by atoms with E-state index in [4.69, 9.17) is 34.8 Å². The standard InChI is InChI=1S/C18H13Cl3N2O4S2/c19-12-4-8-14(9-5-12)28(24,25)22-13-6-10-15(11-7-13)29(26,27)23-17-3-1-2-16(20)18(17)21/h1-11,22-23H. The van der Waals surface area contributed by atoms with E-state index in [9.17, 15) is 16.8 Å². The van der Waals surface area contributed by atoms with Gasteiger partial charge < -0.3 is 0 Å². The third-order valence-electron chi connectivity index (χ3n) is 3.74. The first-order chi connectivity index (χ1) is 13.6. The SMILES string of the molecule is O=S(=O)(Nc1ccc(S(=O)(=O)Nc2cccc(Cl)c2Cl)cc1)c1ccc(Cl)cc1. The maximum absolute atomic E-state index is 12.6. The van der Waals surface area contributed by atoms with Crippen LogP contribution in [0.2, 0.25) is 15.1 Å². The number of rotatable bonds is 6. The summed E-state index contributed by atoms with van der Waals surface area (Å²) in [5, 5.41) is 0.690. The van der Waals surface area contributed by atoms with Gasteiger partial charge in [-0.1, -0.05) is 40.9 Å². The first kappa shape index (κ1) is 21.7. The molecule has 0 spiro atoms. The molecule has 0 aliphatic heterocycles. The highest BCUT2D eigenvalue weighted by molar-refractivity contribution is 7.93. The summed E-state index contributed by atoms with van der Waals surface area (Å²) < 4.78 is 54.6. The summed E-state index contributed by atoms with van der Waals surface area (Å²) in [6.45, 7) is 0. The third-order valence-corrected chi connectivity index (χ3v) is 7.59. The molecular formula is C18H13Cl3N2O4S2. The van der Waals surface area contributed by atoms with Gasteiger partial charge in [-0.3, -0.25) is 9.44 Å². The van der Waals surface area contributed by atoms with Crippen molar-refractivity contribution in [1.82, 2.24) is 0 Å². The molecule has 0 atom stereocenters. The largest absolute Gasteiger partial charge is 0.280 e. The number of hydrogen-bond acceptors (Lipinski definition) is 4. The number of hydrogen-bond donors (Lipinski definition) is 2. The molecule has 0 amide bonds. The Morgan fingerprint density at radius 1 is 0.621 bits per heavy atom. The fourth-order valence-corrected chi connectivity index (χ4v) is 4.98. The molecule has 2 N–H and O–H groups in total. The quantitative estimate of drug-likeness (QED) is 0.493. The van der Waals surface area contributed by atoms with Crippen molar-refractivity contribution < 1.29 is 16.8 Å². The zero-order valence-corrected chi connectivity index (χ0v) is 18.3. The van der Waals surface area contributed by atoms with Crippen molar-refractivity contribution in [2.75, 3.05) is 9.44 Å². The summed E-state index contributed by atoms with van der Waals surface area (Å²) in [5.74, 6) is 0. The second kappa shape index (κ2) is 8.41. The van der Waals surface area contributed by atoms with Gasteiger partial charge in [0.1, 0.15) is 0 Å². The van der Waals surface area contributed by atoms with Crippen LogP contribution in [0.4, 0.5) is 11.4 Å². The number of halogens is 3. The molecule has 0 aliphatic rings. The maximum atomic E-state index is 12.6. The van der Waals surface area contributed by atoms with Crippen LogP contribution in [-0.4, -0.2) is 16.8 Å². The van der Waals surface area contributed by atoms with Crippen LogP contribution < -0.4 is 9.44 Å². The minimum absolute atomic E-state index is 0.0239. The minimum Gasteiger partial charge on any atom is -0.280 e. The molecule has 0 bridgehead atoms. The van der Waals surface area contributed by atoms with Crippen molar-refractivity contribution in [3.8, 4) is 0 Å². The Morgan fingerprint density at radius 2 is 1.14 bits per heavy atom. The molecular weight excluding hydrogens is 479 g/mol. The summed E-state index contributed by atoms with van der Waals surface area (Å²) >= 11 is 17.7. The highest BCUT2D eigenvalue weighted by atomic mass is 35.5. The highest BCUT2D eigenvalue weighted by Gasteiger charge is 2.18. The topological polar surface area (TPSA) is 92.3 Å². The summed E-state index contributed by atoms with van der Waals surface area (Å²) in [4.78, 5) is -0.0566. The van der Waals surface area contributed by atoms with Crippen LogP contribution >= 0.6 is 34.8 Å². The first-order valence-electron chi connectivity index (χ1n) is 7.94. The third kappa shape index (κ3) is 5.15. The Balaban J connectivity index is 1.80. The van der Waals surface area contributed by atoms with Crippen LogP contribution in [0, 0.1) is 0 Å². The van der Waals surface area contributed by atoms with Gasteiger partial charge in [0.2, 0.25) is 0 Å². The lowest BCUT2D eigenvalue weighted by Crippen LogP contribution is -2.14. The molecule has 0 unspecified atom stereocenters. The lowest BCUT2D eigenvalue weighted by atomic mass is 10.3. The van der Waals surface area contributed by atoms with E-state index in [1.54, 1.807) is 6.07 Å². The lowest BCUT2D eigenvalue weighted by molar-refractivity contribution is 0.600. The van der Waals surface area contributed by atoms with E-state index < -0.39 is 20.0 Å². The molecule has 0 fully saturated rings. The molecule has 0 saturated carbocycles. The van der Waals surface area contributed by atoms with E-state index in [1.807, 2.05) is 0 Å². The molecule has 152 valence electrons. The van der Waals surface area contributed by atoms with Gasteiger partial charge >= 0.3 is 0 Å². The number of anilines is 2. The van der Waals surface area contributed by atoms with Crippen LogP contribution in [0.1, 0.15) is 0 Å². The van der Waals surface area contributed by atoms with Gasteiger partial charge in [-0.05, 0) is 60.7 Å². The van der Waals surface area contributed by atoms with Crippen molar-refractivity contribution >= 4 is 66.2 Å². The van der Waals surface area contributed by atoms with Crippen molar-refractivity contribution in [1.29, 1.82) is 0 Å². The fourth-order valence-electron chi connectivity index (χ4n) is 2.32. The van der Waals surface area contributed by atoms with Gasteiger partial charge in [0.15, 0.2) is 0 Å². The van der Waals surface area contributed by atoms with Crippen molar-refractivity contribution in [2.24, 2.45) is 0 Å². The monoisotopic (exact) mass is 490 g/mol. The van der Waals surface area contributed by atoms with Crippen molar-refractivity contribution in [3.63, 3.8) is 0 Å².